The van der Waals surface area contributed by atoms with Crippen LogP contribution in [0.1, 0.15) is 123 Å². The van der Waals surface area contributed by atoms with Crippen LogP contribution < -0.4 is 53.2 Å². The van der Waals surface area contributed by atoms with Gasteiger partial charge in [-0.15, -0.1) is 124 Å². The molecule has 61 heavy (non-hydrogen) atoms. The average molecular weight is 1090 g/mol. The molecule has 1 saturated carbocycles. The summed E-state index contributed by atoms with van der Waals surface area (Å²) >= 11 is 0. The fourth-order valence-electron chi connectivity index (χ4n) is 6.49. The van der Waals surface area contributed by atoms with Crippen molar-refractivity contribution in [3.8, 4) is 0 Å². The topological polar surface area (TPSA) is 120 Å². The van der Waals surface area contributed by atoms with Crippen molar-refractivity contribution in [2.75, 3.05) is 131 Å². The van der Waals surface area contributed by atoms with Crippen LogP contribution in [0.3, 0.4) is 0 Å². The molecule has 0 aliphatic heterocycles. The van der Waals surface area contributed by atoms with Crippen LogP contribution in [0.4, 0.5) is 0 Å². The van der Waals surface area contributed by atoms with Gasteiger partial charge in [0.25, 0.3) is 0 Å². The van der Waals surface area contributed by atoms with Gasteiger partial charge in [0.1, 0.15) is 0 Å². The van der Waals surface area contributed by atoms with Crippen LogP contribution in [0.5, 0.6) is 0 Å². The van der Waals surface area contributed by atoms with Crippen molar-refractivity contribution in [2.24, 2.45) is 11.8 Å². The monoisotopic (exact) mass is 1080 g/mol. The molecular formula is C41H102Cl10N10. The fraction of sp³-hybridized carbons (Fsp3) is 1.00. The molecule has 1 aliphatic carbocycles. The minimum atomic E-state index is 0. The van der Waals surface area contributed by atoms with Crippen molar-refractivity contribution in [3.05, 3.63) is 0 Å². The molecule has 0 bridgehead atoms. The van der Waals surface area contributed by atoms with Gasteiger partial charge < -0.3 is 53.2 Å². The molecule has 1 aliphatic rings. The van der Waals surface area contributed by atoms with Crippen molar-refractivity contribution in [1.82, 2.24) is 53.2 Å². The zero-order valence-electron chi connectivity index (χ0n) is 38.4. The van der Waals surface area contributed by atoms with Crippen molar-refractivity contribution >= 4 is 124 Å². The summed E-state index contributed by atoms with van der Waals surface area (Å²) in [6, 6.07) is 0. The number of unbranched alkanes of at least 4 members (excludes halogenated alkanes) is 8. The lowest BCUT2D eigenvalue weighted by molar-refractivity contribution is 0.520. The second-order valence-electron chi connectivity index (χ2n) is 15.0. The Morgan fingerprint density at radius 3 is 0.541 bits per heavy atom. The van der Waals surface area contributed by atoms with E-state index in [0.717, 1.165) is 117 Å². The Balaban J connectivity index is -0.000000325. The van der Waals surface area contributed by atoms with Gasteiger partial charge in [0.05, 0.1) is 0 Å². The molecule has 0 saturated heterocycles. The molecule has 2 unspecified atom stereocenters. The largest absolute Gasteiger partial charge is 0.317 e. The van der Waals surface area contributed by atoms with Crippen molar-refractivity contribution < 1.29 is 0 Å². The summed E-state index contributed by atoms with van der Waals surface area (Å²) in [6.45, 7) is 27.6. The molecule has 0 heterocycles. The van der Waals surface area contributed by atoms with Crippen LogP contribution in [0.25, 0.3) is 0 Å². The van der Waals surface area contributed by atoms with E-state index in [-0.39, 0.29) is 124 Å². The van der Waals surface area contributed by atoms with Gasteiger partial charge in [0.2, 0.25) is 0 Å². The zero-order valence-corrected chi connectivity index (χ0v) is 46.6. The smallest absolute Gasteiger partial charge is 0.00173 e. The predicted molar refractivity (Wildman–Crippen MR) is 298 cm³/mol. The second-order valence-corrected chi connectivity index (χ2v) is 15.0. The first-order valence-corrected chi connectivity index (χ1v) is 22.5. The maximum absolute atomic E-state index is 3.72. The van der Waals surface area contributed by atoms with Gasteiger partial charge in [-0.05, 0) is 252 Å². The molecule has 20 heteroatoms. The molecule has 0 amide bonds. The first kappa shape index (κ1) is 86.7. The standard InChI is InChI=1S/C41H92N10.10ClH/c1-3-42-21-5-7-23-44-25-9-11-27-46-29-13-15-31-48-33-17-19-35-50-38-40-37-41(40)39-51-36-20-18-34-49-32-16-14-30-47-28-12-10-26-45-24-8-6-22-43-4-2;;;;;;;;;;/h40-51H,3-39H2,1-2H3;10*1H. The first-order chi connectivity index (χ1) is 25.4. The van der Waals surface area contributed by atoms with Gasteiger partial charge in [0.15, 0.2) is 0 Å². The molecule has 386 valence electrons. The number of halogens is 10. The van der Waals surface area contributed by atoms with Crippen LogP contribution >= 0.6 is 124 Å². The fourth-order valence-corrected chi connectivity index (χ4v) is 6.49. The van der Waals surface area contributed by atoms with E-state index in [9.17, 15) is 0 Å². The van der Waals surface area contributed by atoms with E-state index in [0.29, 0.717) is 0 Å². The molecule has 2 atom stereocenters. The normalized spacial score (nSPS) is 13.1. The molecule has 0 aromatic heterocycles. The van der Waals surface area contributed by atoms with Gasteiger partial charge in [-0.3, -0.25) is 0 Å². The number of hydrogen-bond acceptors (Lipinski definition) is 10. The second kappa shape index (κ2) is 76.7. The minimum Gasteiger partial charge on any atom is -0.317 e. The summed E-state index contributed by atoms with van der Waals surface area (Å²) in [6.07, 6.45) is 21.9. The van der Waals surface area contributed by atoms with Gasteiger partial charge in [-0.1, -0.05) is 13.8 Å². The lowest BCUT2D eigenvalue weighted by Gasteiger charge is -2.08. The SMILES string of the molecule is CCNCCCCNCCCCNCCCCNCCCCNCC1CC1CNCCCCNCCCCNCCCCNCCCCNCC.Cl.Cl.Cl.Cl.Cl.Cl.Cl.Cl.Cl.Cl. The van der Waals surface area contributed by atoms with E-state index in [1.165, 1.54) is 135 Å². The molecule has 1 fully saturated rings. The zero-order chi connectivity index (χ0) is 36.4. The third-order valence-electron chi connectivity index (χ3n) is 10.0. The summed E-state index contributed by atoms with van der Waals surface area (Å²) in [5.41, 5.74) is 0. The molecule has 0 spiro atoms. The highest BCUT2D eigenvalue weighted by Gasteiger charge is 2.35. The Hall–Kier alpha value is 2.50. The van der Waals surface area contributed by atoms with Crippen LogP contribution in [0, 0.1) is 11.8 Å². The highest BCUT2D eigenvalue weighted by molar-refractivity contribution is 5.86. The molecule has 0 aromatic carbocycles. The van der Waals surface area contributed by atoms with Crippen LogP contribution in [0.2, 0.25) is 0 Å². The van der Waals surface area contributed by atoms with Crippen molar-refractivity contribution in [3.63, 3.8) is 0 Å². The number of nitrogens with one attached hydrogen (secondary N) is 10. The Labute approximate surface area is 439 Å². The number of hydrogen-bond donors (Lipinski definition) is 10. The van der Waals surface area contributed by atoms with Gasteiger partial charge in [0, 0.05) is 0 Å². The Morgan fingerprint density at radius 2 is 0.377 bits per heavy atom. The van der Waals surface area contributed by atoms with Gasteiger partial charge >= 0.3 is 0 Å². The predicted octanol–water partition coefficient (Wildman–Crippen LogP) is 8.02. The Kier molecular flexibility index (Phi) is 109. The molecule has 0 radical (unpaired) electrons. The minimum absolute atomic E-state index is 0. The number of rotatable bonds is 46. The summed E-state index contributed by atoms with van der Waals surface area (Å²) in [5, 5.41) is 35.8. The van der Waals surface area contributed by atoms with Gasteiger partial charge in [-0.2, -0.15) is 0 Å². The van der Waals surface area contributed by atoms with E-state index in [4.69, 9.17) is 0 Å². The summed E-state index contributed by atoms with van der Waals surface area (Å²) in [4.78, 5) is 0. The van der Waals surface area contributed by atoms with Crippen LogP contribution in [-0.2, 0) is 0 Å². The van der Waals surface area contributed by atoms with Crippen molar-refractivity contribution in [2.45, 2.75) is 123 Å². The lowest BCUT2D eigenvalue weighted by Crippen LogP contribution is -2.24. The molecule has 0 aromatic rings. The van der Waals surface area contributed by atoms with Crippen LogP contribution in [-0.4, -0.2) is 131 Å². The van der Waals surface area contributed by atoms with E-state index >= 15 is 0 Å². The maximum Gasteiger partial charge on any atom is -0.00173 e. The average Bonchev–Trinajstić information content (AvgIpc) is 3.90. The van der Waals surface area contributed by atoms with Gasteiger partial charge in [-0.25, -0.2) is 0 Å². The quantitative estimate of drug-likeness (QED) is 0.0275. The maximum atomic E-state index is 3.72. The van der Waals surface area contributed by atoms with Crippen LogP contribution in [0.15, 0.2) is 0 Å². The highest BCUT2D eigenvalue weighted by Crippen LogP contribution is 2.37. The summed E-state index contributed by atoms with van der Waals surface area (Å²) < 4.78 is 0. The first-order valence-electron chi connectivity index (χ1n) is 22.5. The van der Waals surface area contributed by atoms with E-state index < -0.39 is 0 Å². The molecule has 1 rings (SSSR count). The summed E-state index contributed by atoms with van der Waals surface area (Å²) in [7, 11) is 0. The van der Waals surface area contributed by atoms with E-state index in [2.05, 4.69) is 67.0 Å². The van der Waals surface area contributed by atoms with Crippen molar-refractivity contribution in [1.29, 1.82) is 0 Å². The third kappa shape index (κ3) is 71.7. The highest BCUT2D eigenvalue weighted by atomic mass is 35.5. The molecular weight excluding hydrogens is 987 g/mol. The Morgan fingerprint density at radius 1 is 0.230 bits per heavy atom. The Bertz CT molecular complexity index is 631. The summed E-state index contributed by atoms with van der Waals surface area (Å²) in [5.74, 6) is 1.82. The lowest BCUT2D eigenvalue weighted by atomic mass is 10.2. The molecule has 10 nitrogen and oxygen atoms in total. The van der Waals surface area contributed by atoms with E-state index in [1.807, 2.05) is 0 Å². The van der Waals surface area contributed by atoms with E-state index in [1.54, 1.807) is 0 Å². The molecule has 10 N–H and O–H groups in total. The third-order valence-corrected chi connectivity index (χ3v) is 10.0.